The molecule has 7 aromatic carbocycles. The van der Waals surface area contributed by atoms with Gasteiger partial charge in [0.15, 0.2) is 5.69 Å². The van der Waals surface area contributed by atoms with Crippen LogP contribution in [0.5, 0.6) is 0 Å². The molecule has 0 atom stereocenters. The van der Waals surface area contributed by atoms with Crippen LogP contribution in [0.25, 0.3) is 82.1 Å². The van der Waals surface area contributed by atoms with Gasteiger partial charge < -0.3 is 9.13 Å². The molecule has 0 saturated carbocycles. The molecule has 0 radical (unpaired) electrons. The number of para-hydroxylation sites is 2. The summed E-state index contributed by atoms with van der Waals surface area (Å²) < 4.78 is 4.54. The molecule has 50 heavy (non-hydrogen) atoms. The number of hydrogen-bond acceptors (Lipinski definition) is 2. The second kappa shape index (κ2) is 11.4. The number of nitrogens with zero attached hydrogens (tertiary/aromatic N) is 5. The van der Waals surface area contributed by atoms with Crippen LogP contribution < -0.4 is 0 Å². The number of hydrogen-bond donors (Lipinski definition) is 0. The van der Waals surface area contributed by atoms with Crippen LogP contribution in [-0.4, -0.2) is 9.13 Å². The number of benzene rings is 7. The van der Waals surface area contributed by atoms with Crippen molar-refractivity contribution >= 4 is 49.3 Å². The molecule has 0 spiro atoms. The normalized spacial score (nSPS) is 11.1. The van der Waals surface area contributed by atoms with Gasteiger partial charge in [-0.15, -0.1) is 0 Å². The molecule has 0 bridgehead atoms. The van der Waals surface area contributed by atoms with Crippen LogP contribution in [0.3, 0.4) is 0 Å². The number of fused-ring (bicyclic) bond motifs is 6. The third-order valence-corrected chi connectivity index (χ3v) is 9.55. The van der Waals surface area contributed by atoms with Crippen molar-refractivity contribution in [2.75, 3.05) is 0 Å². The van der Waals surface area contributed by atoms with Gasteiger partial charge in [0.25, 0.3) is 0 Å². The first-order valence-electron chi connectivity index (χ1n) is 16.2. The third-order valence-electron chi connectivity index (χ3n) is 9.55. The summed E-state index contributed by atoms with van der Waals surface area (Å²) >= 11 is 0. The molecule has 9 rings (SSSR count). The van der Waals surface area contributed by atoms with Crippen LogP contribution in [0, 0.1) is 29.2 Å². The molecule has 0 aliphatic rings. The smallest absolute Gasteiger partial charge is 0.188 e. The topological polar surface area (TPSA) is 61.8 Å². The highest BCUT2D eigenvalue weighted by molar-refractivity contribution is 6.11. The summed E-state index contributed by atoms with van der Waals surface area (Å²) in [5, 5.41) is 23.4. The van der Waals surface area contributed by atoms with E-state index >= 15 is 0 Å². The SMILES string of the molecule is [C-]#[N+]c1ccc2c(c1)c1ccccc1n2-c1cc(-c2ccc(C#N)cc2)cc(-c2cccc(-n3c4ccccc4c4cc(C#N)ccc43)c2)c1. The van der Waals surface area contributed by atoms with Crippen molar-refractivity contribution in [2.45, 2.75) is 0 Å². The highest BCUT2D eigenvalue weighted by Gasteiger charge is 2.17. The van der Waals surface area contributed by atoms with Gasteiger partial charge in [0.1, 0.15) is 0 Å². The lowest BCUT2D eigenvalue weighted by Gasteiger charge is -2.15. The van der Waals surface area contributed by atoms with E-state index in [1.165, 1.54) is 0 Å². The van der Waals surface area contributed by atoms with Crippen LogP contribution >= 0.6 is 0 Å². The number of aromatic nitrogens is 2. The summed E-state index contributed by atoms with van der Waals surface area (Å²) in [5.41, 5.74) is 12.2. The Morgan fingerprint density at radius 2 is 0.980 bits per heavy atom. The van der Waals surface area contributed by atoms with E-state index in [-0.39, 0.29) is 0 Å². The lowest BCUT2D eigenvalue weighted by molar-refractivity contribution is 1.17. The maximum absolute atomic E-state index is 9.63. The molecule has 0 amide bonds. The molecular formula is C45H25N5. The molecule has 0 N–H and O–H groups in total. The fraction of sp³-hybridized carbons (Fsp3) is 0. The van der Waals surface area contributed by atoms with Crippen molar-refractivity contribution in [3.8, 4) is 45.8 Å². The molecule has 0 aliphatic heterocycles. The van der Waals surface area contributed by atoms with Gasteiger partial charge in [0.05, 0.1) is 51.9 Å². The summed E-state index contributed by atoms with van der Waals surface area (Å²) in [5.74, 6) is 0. The molecular weight excluding hydrogens is 611 g/mol. The van der Waals surface area contributed by atoms with Gasteiger partial charge in [-0.25, -0.2) is 4.85 Å². The Morgan fingerprint density at radius 1 is 0.420 bits per heavy atom. The molecule has 2 heterocycles. The highest BCUT2D eigenvalue weighted by Crippen LogP contribution is 2.39. The van der Waals surface area contributed by atoms with Crippen molar-refractivity contribution in [3.05, 3.63) is 174 Å². The summed E-state index contributed by atoms with van der Waals surface area (Å²) in [6, 6.07) is 55.9. The molecule has 0 saturated heterocycles. The lowest BCUT2D eigenvalue weighted by atomic mass is 9.97. The van der Waals surface area contributed by atoms with Crippen molar-refractivity contribution in [3.63, 3.8) is 0 Å². The lowest BCUT2D eigenvalue weighted by Crippen LogP contribution is -1.97. The standard InChI is InChI=1S/C45H25N5/c1-48-35-18-20-45-41(26-35)39-10-3-5-12-43(39)50(45)37-24-33(31-16-13-29(27-46)14-17-31)22-34(25-37)32-7-6-8-36(23-32)49-42-11-4-2-9-38(42)40-21-30(28-47)15-19-44(40)49/h2-26H. The molecule has 0 fully saturated rings. The van der Waals surface area contributed by atoms with Gasteiger partial charge >= 0.3 is 0 Å². The predicted octanol–water partition coefficient (Wildman–Crippen LogP) is 11.5. The van der Waals surface area contributed by atoms with E-state index in [4.69, 9.17) is 6.57 Å². The zero-order chi connectivity index (χ0) is 33.8. The third kappa shape index (κ3) is 4.53. The second-order valence-corrected chi connectivity index (χ2v) is 12.4. The van der Waals surface area contributed by atoms with Gasteiger partial charge in [0, 0.05) is 27.5 Å². The molecule has 230 valence electrons. The van der Waals surface area contributed by atoms with E-state index in [0.717, 1.165) is 77.2 Å². The van der Waals surface area contributed by atoms with Crippen LogP contribution in [-0.2, 0) is 0 Å². The number of rotatable bonds is 4. The Morgan fingerprint density at radius 3 is 1.66 bits per heavy atom. The molecule has 2 aromatic heterocycles. The summed E-state index contributed by atoms with van der Waals surface area (Å²) in [6.45, 7) is 7.63. The zero-order valence-electron chi connectivity index (χ0n) is 26.7. The minimum absolute atomic E-state index is 0.609. The average Bonchev–Trinajstić information content (AvgIpc) is 3.70. The quantitative estimate of drug-likeness (QED) is 0.181. The van der Waals surface area contributed by atoms with Gasteiger partial charge in [-0.3, -0.25) is 0 Å². The van der Waals surface area contributed by atoms with Crippen molar-refractivity contribution < 1.29 is 0 Å². The Balaban J connectivity index is 1.29. The monoisotopic (exact) mass is 635 g/mol. The van der Waals surface area contributed by atoms with E-state index in [1.54, 1.807) is 0 Å². The first-order chi connectivity index (χ1) is 24.6. The second-order valence-electron chi connectivity index (χ2n) is 12.4. The predicted molar refractivity (Wildman–Crippen MR) is 202 cm³/mol. The van der Waals surface area contributed by atoms with Crippen molar-refractivity contribution in [1.29, 1.82) is 10.5 Å². The minimum Gasteiger partial charge on any atom is -0.309 e. The van der Waals surface area contributed by atoms with Gasteiger partial charge in [-0.1, -0.05) is 66.7 Å². The molecule has 9 aromatic rings. The van der Waals surface area contributed by atoms with Gasteiger partial charge in [0.2, 0.25) is 0 Å². The summed E-state index contributed by atoms with van der Waals surface area (Å²) in [6.07, 6.45) is 0. The highest BCUT2D eigenvalue weighted by atomic mass is 15.0. The molecule has 0 aliphatic carbocycles. The van der Waals surface area contributed by atoms with Crippen LogP contribution in [0.1, 0.15) is 11.1 Å². The Labute approximate surface area is 288 Å². The van der Waals surface area contributed by atoms with Gasteiger partial charge in [-0.2, -0.15) is 10.5 Å². The average molecular weight is 636 g/mol. The van der Waals surface area contributed by atoms with Crippen molar-refractivity contribution in [1.82, 2.24) is 9.13 Å². The summed E-state index contributed by atoms with van der Waals surface area (Å²) in [7, 11) is 0. The fourth-order valence-corrected chi connectivity index (χ4v) is 7.26. The Bertz CT molecular complexity index is 2960. The Kier molecular flexibility index (Phi) is 6.56. The van der Waals surface area contributed by atoms with E-state index < -0.39 is 0 Å². The fourth-order valence-electron chi connectivity index (χ4n) is 7.26. The van der Waals surface area contributed by atoms with Gasteiger partial charge in [-0.05, 0) is 113 Å². The summed E-state index contributed by atoms with van der Waals surface area (Å²) in [4.78, 5) is 3.71. The maximum Gasteiger partial charge on any atom is 0.188 e. The maximum atomic E-state index is 9.63. The van der Waals surface area contributed by atoms with E-state index in [1.807, 2.05) is 84.9 Å². The van der Waals surface area contributed by atoms with Crippen LogP contribution in [0.2, 0.25) is 0 Å². The molecule has 5 heteroatoms. The molecule has 5 nitrogen and oxygen atoms in total. The number of nitriles is 2. The molecule has 0 unspecified atom stereocenters. The van der Waals surface area contributed by atoms with E-state index in [0.29, 0.717) is 16.8 Å². The van der Waals surface area contributed by atoms with Crippen LogP contribution in [0.4, 0.5) is 5.69 Å². The first-order valence-corrected chi connectivity index (χ1v) is 16.2. The zero-order valence-corrected chi connectivity index (χ0v) is 26.7. The minimum atomic E-state index is 0.609. The van der Waals surface area contributed by atoms with E-state index in [9.17, 15) is 10.5 Å². The Hall–Kier alpha value is -7.39. The van der Waals surface area contributed by atoms with Crippen molar-refractivity contribution in [2.24, 2.45) is 0 Å². The van der Waals surface area contributed by atoms with E-state index in [2.05, 4.69) is 92.8 Å². The largest absolute Gasteiger partial charge is 0.309 e. The first kappa shape index (κ1) is 28.8. The van der Waals surface area contributed by atoms with Crippen LogP contribution in [0.15, 0.2) is 152 Å².